The van der Waals surface area contributed by atoms with Crippen LogP contribution in [0, 0.1) is 11.5 Å². The number of benzene rings is 2. The Morgan fingerprint density at radius 2 is 1.85 bits per heavy atom. The van der Waals surface area contributed by atoms with Gasteiger partial charge < -0.3 is 5.32 Å². The Hall–Kier alpha value is -3.60. The maximum Gasteiger partial charge on any atom is 0.252 e. The number of hydrogen-bond acceptors (Lipinski definition) is 5. The molecule has 2 aromatic rings. The van der Waals surface area contributed by atoms with Gasteiger partial charge in [0, 0.05) is 24.0 Å². The second kappa shape index (κ2) is 13.0. The molecule has 1 aliphatic rings. The summed E-state index contributed by atoms with van der Waals surface area (Å²) in [5.74, 6) is -0.921. The Morgan fingerprint density at radius 3 is 2.38 bits per heavy atom. The molecule has 1 saturated heterocycles. The zero-order valence-electron chi connectivity index (χ0n) is 22.6. The number of aliphatic imine (C=N–C) groups is 1. The van der Waals surface area contributed by atoms with Crippen LogP contribution in [0.1, 0.15) is 46.1 Å². The molecule has 1 aliphatic heterocycles. The lowest BCUT2D eigenvalue weighted by Gasteiger charge is -2.35. The van der Waals surface area contributed by atoms with Gasteiger partial charge in [0.05, 0.1) is 15.7 Å². The van der Waals surface area contributed by atoms with Crippen LogP contribution < -0.4 is 10.2 Å². The molecule has 2 amide bonds. The van der Waals surface area contributed by atoms with Gasteiger partial charge in [0.25, 0.3) is 11.8 Å². The second-order valence-electron chi connectivity index (χ2n) is 10.3. The number of likely N-dealkylation sites (tertiary alicyclic amines) is 1. The van der Waals surface area contributed by atoms with Crippen molar-refractivity contribution in [1.82, 2.24) is 4.90 Å². The number of carbonyl (C=O) groups is 2. The van der Waals surface area contributed by atoms with E-state index in [1.807, 2.05) is 24.3 Å². The van der Waals surface area contributed by atoms with Gasteiger partial charge in [-0.15, -0.1) is 0 Å². The van der Waals surface area contributed by atoms with Crippen LogP contribution in [-0.4, -0.2) is 42.1 Å². The van der Waals surface area contributed by atoms with Crippen molar-refractivity contribution in [1.29, 1.82) is 5.26 Å². The summed E-state index contributed by atoms with van der Waals surface area (Å²) in [6.45, 7) is 12.1. The van der Waals surface area contributed by atoms with Crippen molar-refractivity contribution in [2.75, 3.05) is 16.8 Å². The molecule has 0 bridgehead atoms. The smallest absolute Gasteiger partial charge is 0.252 e. The molecule has 1 heterocycles. The Morgan fingerprint density at radius 1 is 1.21 bits per heavy atom. The number of hydrogen-bond donors (Lipinski definition) is 1. The van der Waals surface area contributed by atoms with E-state index >= 15 is 0 Å². The lowest BCUT2D eigenvalue weighted by molar-refractivity contribution is -0.125. The van der Waals surface area contributed by atoms with Crippen LogP contribution in [0.2, 0.25) is 10.0 Å². The SMILES string of the molecule is C=N/C=C(\C=C/C)C(C(=O)Nc1c(Cl)cccc1Cl)N(C(=O)C1CCCN1C#N)c1ccc(C(C)(C)C)cc1. The van der Waals surface area contributed by atoms with E-state index in [1.54, 1.807) is 37.3 Å². The highest BCUT2D eigenvalue weighted by atomic mass is 35.5. The van der Waals surface area contributed by atoms with Crippen LogP contribution in [0.25, 0.3) is 0 Å². The number of halogens is 2. The molecule has 9 heteroatoms. The number of allylic oxidation sites excluding steroid dienone is 1. The summed E-state index contributed by atoms with van der Waals surface area (Å²) in [4.78, 5) is 35.1. The third kappa shape index (κ3) is 6.89. The fourth-order valence-corrected chi connectivity index (χ4v) is 5.05. The number of rotatable bonds is 8. The topological polar surface area (TPSA) is 88.8 Å². The van der Waals surface area contributed by atoms with Crippen molar-refractivity contribution in [3.8, 4) is 6.19 Å². The summed E-state index contributed by atoms with van der Waals surface area (Å²) >= 11 is 12.7. The first-order valence-electron chi connectivity index (χ1n) is 12.7. The van der Waals surface area contributed by atoms with Crippen LogP contribution in [0.15, 0.2) is 71.4 Å². The minimum absolute atomic E-state index is 0.114. The van der Waals surface area contributed by atoms with E-state index in [0.717, 1.165) is 5.56 Å². The Bertz CT molecular complexity index is 1300. The molecule has 0 saturated carbocycles. The van der Waals surface area contributed by atoms with E-state index in [4.69, 9.17) is 23.2 Å². The molecule has 3 rings (SSSR count). The Labute approximate surface area is 240 Å². The van der Waals surface area contributed by atoms with Gasteiger partial charge in [-0.2, -0.15) is 5.26 Å². The average Bonchev–Trinajstić information content (AvgIpc) is 3.38. The minimum atomic E-state index is -1.17. The molecule has 0 aliphatic carbocycles. The summed E-state index contributed by atoms with van der Waals surface area (Å²) in [7, 11) is 0. The molecule has 204 valence electrons. The van der Waals surface area contributed by atoms with Gasteiger partial charge in [0.15, 0.2) is 6.19 Å². The van der Waals surface area contributed by atoms with Crippen LogP contribution >= 0.6 is 23.2 Å². The van der Waals surface area contributed by atoms with Crippen molar-refractivity contribution in [2.24, 2.45) is 4.99 Å². The van der Waals surface area contributed by atoms with Crippen molar-refractivity contribution < 1.29 is 9.59 Å². The number of nitrogens with one attached hydrogen (secondary N) is 1. The zero-order valence-corrected chi connectivity index (χ0v) is 24.1. The fraction of sp³-hybridized carbons (Fsp3) is 0.333. The third-order valence-corrected chi connectivity index (χ3v) is 7.18. The van der Waals surface area contributed by atoms with Crippen LogP contribution in [0.4, 0.5) is 11.4 Å². The number of nitrogens with zero attached hydrogens (tertiary/aromatic N) is 4. The van der Waals surface area contributed by atoms with Crippen molar-refractivity contribution in [3.63, 3.8) is 0 Å². The monoisotopic (exact) mass is 565 g/mol. The maximum atomic E-state index is 14.2. The van der Waals surface area contributed by atoms with E-state index < -0.39 is 18.0 Å². The summed E-state index contributed by atoms with van der Waals surface area (Å²) < 4.78 is 0. The Kier molecular flexibility index (Phi) is 9.96. The highest BCUT2D eigenvalue weighted by Gasteiger charge is 2.40. The maximum absolute atomic E-state index is 14.2. The molecule has 39 heavy (non-hydrogen) atoms. The number of para-hydroxylation sites is 1. The van der Waals surface area contributed by atoms with E-state index in [2.05, 4.69) is 44.0 Å². The predicted octanol–water partition coefficient (Wildman–Crippen LogP) is 6.74. The lowest BCUT2D eigenvalue weighted by atomic mass is 9.87. The highest BCUT2D eigenvalue weighted by molar-refractivity contribution is 6.39. The van der Waals surface area contributed by atoms with E-state index in [9.17, 15) is 14.9 Å². The number of carbonyl (C=O) groups excluding carboxylic acids is 2. The molecular formula is C30H33Cl2N5O2. The molecule has 0 aromatic heterocycles. The number of anilines is 2. The van der Waals surface area contributed by atoms with Crippen molar-refractivity contribution in [2.45, 2.75) is 58.0 Å². The van der Waals surface area contributed by atoms with Gasteiger partial charge in [0.1, 0.15) is 12.1 Å². The normalized spacial score (nSPS) is 16.6. The summed E-state index contributed by atoms with van der Waals surface area (Å²) in [6, 6.07) is 10.5. The summed E-state index contributed by atoms with van der Waals surface area (Å²) in [6.07, 6.45) is 8.21. The van der Waals surface area contributed by atoms with E-state index in [-0.39, 0.29) is 27.1 Å². The third-order valence-electron chi connectivity index (χ3n) is 6.55. The fourth-order valence-electron chi connectivity index (χ4n) is 4.56. The van der Waals surface area contributed by atoms with E-state index in [1.165, 1.54) is 16.0 Å². The first-order valence-corrected chi connectivity index (χ1v) is 13.4. The first-order chi connectivity index (χ1) is 18.5. The van der Waals surface area contributed by atoms with Gasteiger partial charge >= 0.3 is 0 Å². The quantitative estimate of drug-likeness (QED) is 0.218. The van der Waals surface area contributed by atoms with Crippen molar-refractivity contribution in [3.05, 3.63) is 82.0 Å². The van der Waals surface area contributed by atoms with Crippen LogP contribution in [0.5, 0.6) is 0 Å². The number of amides is 2. The van der Waals surface area contributed by atoms with E-state index in [0.29, 0.717) is 30.6 Å². The van der Waals surface area contributed by atoms with Crippen LogP contribution in [-0.2, 0) is 15.0 Å². The highest BCUT2D eigenvalue weighted by Crippen LogP contribution is 2.33. The average molecular weight is 567 g/mol. The molecule has 7 nitrogen and oxygen atoms in total. The second-order valence-corrected chi connectivity index (χ2v) is 11.1. The van der Waals surface area contributed by atoms with Gasteiger partial charge in [-0.3, -0.25) is 24.4 Å². The molecule has 0 radical (unpaired) electrons. The first kappa shape index (κ1) is 29.9. The molecule has 1 N–H and O–H groups in total. The van der Waals surface area contributed by atoms with Gasteiger partial charge in [0.2, 0.25) is 0 Å². The summed E-state index contributed by atoms with van der Waals surface area (Å²) in [5, 5.41) is 13.0. The van der Waals surface area contributed by atoms with Gasteiger partial charge in [-0.1, -0.05) is 74.3 Å². The predicted molar refractivity (Wildman–Crippen MR) is 159 cm³/mol. The van der Waals surface area contributed by atoms with Gasteiger partial charge in [-0.05, 0) is 61.7 Å². The zero-order chi connectivity index (χ0) is 28.7. The molecule has 2 aromatic carbocycles. The van der Waals surface area contributed by atoms with Crippen molar-refractivity contribution >= 4 is 53.1 Å². The number of nitriles is 1. The van der Waals surface area contributed by atoms with Crippen LogP contribution in [0.3, 0.4) is 0 Å². The molecule has 2 atom stereocenters. The molecule has 1 fully saturated rings. The summed E-state index contributed by atoms with van der Waals surface area (Å²) in [5.41, 5.74) is 2.11. The largest absolute Gasteiger partial charge is 0.321 e. The molecule has 0 spiro atoms. The minimum Gasteiger partial charge on any atom is -0.321 e. The lowest BCUT2D eigenvalue weighted by Crippen LogP contribution is -2.54. The molecule has 2 unspecified atom stereocenters. The Balaban J connectivity index is 2.22. The molecular weight excluding hydrogens is 533 g/mol. The standard InChI is InChI=1S/C30H33Cl2N5O2/c1-6-9-20(18-34-5)27(28(38)35-26-23(31)10-7-11-24(26)32)37(29(39)25-12-8-17-36(25)19-33)22-15-13-21(14-16-22)30(2,3)4/h6-7,9-11,13-16,18,25,27H,5,8,12,17H2,1-4H3,(H,35,38)/b9-6-,20-18+. The van der Waals surface area contributed by atoms with Gasteiger partial charge in [-0.25, -0.2) is 0 Å².